The number of hydrogen-bond acceptors (Lipinski definition) is 2. The Kier molecular flexibility index (Phi) is 5.88. The van der Waals surface area contributed by atoms with Crippen molar-refractivity contribution in [1.82, 2.24) is 9.55 Å². The van der Waals surface area contributed by atoms with Gasteiger partial charge in [0.05, 0.1) is 17.6 Å². The number of aryl methyl sites for hydroxylation is 1. The van der Waals surface area contributed by atoms with Crippen molar-refractivity contribution in [2.45, 2.75) is 65.3 Å². The number of hydrogen-bond donors (Lipinski definition) is 0. The summed E-state index contributed by atoms with van der Waals surface area (Å²) in [5, 5.41) is 0. The van der Waals surface area contributed by atoms with Crippen LogP contribution in [0.25, 0.3) is 11.0 Å². The van der Waals surface area contributed by atoms with Gasteiger partial charge in [0.25, 0.3) is 0 Å². The van der Waals surface area contributed by atoms with Crippen LogP contribution in [0.4, 0.5) is 0 Å². The van der Waals surface area contributed by atoms with Crippen molar-refractivity contribution < 1.29 is 4.74 Å². The van der Waals surface area contributed by atoms with Crippen molar-refractivity contribution in [1.29, 1.82) is 0 Å². The number of fused-ring (bicyclic) bond motifs is 1. The molecule has 0 aliphatic heterocycles. The largest absolute Gasteiger partial charge is 0.493 e. The van der Waals surface area contributed by atoms with Crippen molar-refractivity contribution in [2.24, 2.45) is 0 Å². The summed E-state index contributed by atoms with van der Waals surface area (Å²) in [6, 6.07) is 16.8. The maximum atomic E-state index is 6.08. The van der Waals surface area contributed by atoms with Gasteiger partial charge in [0.2, 0.25) is 0 Å². The van der Waals surface area contributed by atoms with E-state index in [1.165, 1.54) is 11.1 Å². The monoisotopic (exact) mass is 364 g/mol. The van der Waals surface area contributed by atoms with Crippen LogP contribution >= 0.6 is 0 Å². The van der Waals surface area contributed by atoms with Crippen LogP contribution in [0.2, 0.25) is 0 Å². The molecule has 0 N–H and O–H groups in total. The van der Waals surface area contributed by atoms with Gasteiger partial charge in [-0.05, 0) is 42.5 Å². The van der Waals surface area contributed by atoms with Crippen LogP contribution in [0.1, 0.15) is 64.8 Å². The van der Waals surface area contributed by atoms with E-state index in [1.54, 1.807) is 0 Å². The van der Waals surface area contributed by atoms with Gasteiger partial charge in [-0.25, -0.2) is 4.98 Å². The van der Waals surface area contributed by atoms with Gasteiger partial charge in [0.1, 0.15) is 11.6 Å². The molecule has 0 amide bonds. The van der Waals surface area contributed by atoms with Crippen molar-refractivity contribution in [3.63, 3.8) is 0 Å². The summed E-state index contributed by atoms with van der Waals surface area (Å²) in [7, 11) is 0. The number of aromatic nitrogens is 2. The Morgan fingerprint density at radius 3 is 2.41 bits per heavy atom. The Morgan fingerprint density at radius 1 is 0.963 bits per heavy atom. The minimum atomic E-state index is 0.0335. The number of rotatable bonds is 7. The van der Waals surface area contributed by atoms with Crippen LogP contribution in [0.15, 0.2) is 48.5 Å². The predicted octanol–water partition coefficient (Wildman–Crippen LogP) is 6.32. The molecule has 3 nitrogen and oxygen atoms in total. The highest BCUT2D eigenvalue weighted by molar-refractivity contribution is 5.76. The molecule has 0 saturated heterocycles. The number of benzene rings is 2. The summed E-state index contributed by atoms with van der Waals surface area (Å²) in [5.74, 6) is 2.67. The third-order valence-corrected chi connectivity index (χ3v) is 4.90. The van der Waals surface area contributed by atoms with Crippen LogP contribution in [-0.2, 0) is 12.0 Å². The lowest BCUT2D eigenvalue weighted by molar-refractivity contribution is 0.298. The lowest BCUT2D eigenvalue weighted by Gasteiger charge is -2.20. The highest BCUT2D eigenvalue weighted by atomic mass is 16.5. The molecule has 1 aromatic heterocycles. The average molecular weight is 365 g/mol. The van der Waals surface area contributed by atoms with Crippen molar-refractivity contribution in [3.8, 4) is 5.75 Å². The topological polar surface area (TPSA) is 27.1 Å². The summed E-state index contributed by atoms with van der Waals surface area (Å²) in [5.41, 5.74) is 3.64. The lowest BCUT2D eigenvalue weighted by Crippen LogP contribution is -2.19. The van der Waals surface area contributed by atoms with E-state index < -0.39 is 0 Å². The summed E-state index contributed by atoms with van der Waals surface area (Å²) in [4.78, 5) is 4.89. The van der Waals surface area contributed by atoms with E-state index in [-0.39, 0.29) is 5.41 Å². The van der Waals surface area contributed by atoms with Crippen molar-refractivity contribution in [2.75, 3.05) is 6.61 Å². The molecule has 0 aliphatic carbocycles. The first kappa shape index (κ1) is 19.5. The molecule has 0 bridgehead atoms. The zero-order chi connectivity index (χ0) is 19.4. The molecule has 3 aromatic rings. The molecule has 2 aromatic carbocycles. The first-order valence-electron chi connectivity index (χ1n) is 10.1. The third kappa shape index (κ3) is 4.52. The maximum Gasteiger partial charge on any atom is 0.122 e. The van der Waals surface area contributed by atoms with E-state index >= 15 is 0 Å². The van der Waals surface area contributed by atoms with Gasteiger partial charge in [0, 0.05) is 12.0 Å². The van der Waals surface area contributed by atoms with E-state index in [0.717, 1.165) is 43.1 Å². The average Bonchev–Trinajstić information content (AvgIpc) is 3.01. The van der Waals surface area contributed by atoms with Crippen molar-refractivity contribution in [3.05, 3.63) is 59.9 Å². The van der Waals surface area contributed by atoms with Crippen LogP contribution < -0.4 is 4.74 Å². The van der Waals surface area contributed by atoms with E-state index in [4.69, 9.17) is 9.72 Å². The van der Waals surface area contributed by atoms with E-state index in [1.807, 2.05) is 0 Å². The van der Waals surface area contributed by atoms with Gasteiger partial charge in [-0.3, -0.25) is 0 Å². The quantitative estimate of drug-likeness (QED) is 0.459. The van der Waals surface area contributed by atoms with E-state index in [2.05, 4.69) is 87.7 Å². The molecule has 0 spiro atoms. The minimum Gasteiger partial charge on any atom is -0.493 e. The van der Waals surface area contributed by atoms with E-state index in [0.29, 0.717) is 5.92 Å². The molecule has 0 radical (unpaired) electrons. The first-order valence-corrected chi connectivity index (χ1v) is 10.1. The zero-order valence-electron chi connectivity index (χ0n) is 17.3. The SMILES string of the molecule is CC(C)c1ccccc1OCCCCn1c(C(C)(C)C)nc2ccccc21. The molecule has 0 unspecified atom stereocenters. The Bertz CT molecular complexity index is 887. The second kappa shape index (κ2) is 8.16. The molecular weight excluding hydrogens is 332 g/mol. The van der Waals surface area contributed by atoms with Crippen LogP contribution in [0.3, 0.4) is 0 Å². The molecule has 3 rings (SSSR count). The molecule has 1 heterocycles. The highest BCUT2D eigenvalue weighted by Crippen LogP contribution is 2.28. The molecule has 3 heteroatoms. The lowest BCUT2D eigenvalue weighted by atomic mass is 9.95. The molecule has 0 atom stereocenters. The van der Waals surface area contributed by atoms with Gasteiger partial charge in [-0.1, -0.05) is 65.0 Å². The number of ether oxygens (including phenoxy) is 1. The molecule has 27 heavy (non-hydrogen) atoms. The van der Waals surface area contributed by atoms with Crippen LogP contribution in [0.5, 0.6) is 5.75 Å². The first-order chi connectivity index (χ1) is 12.9. The molecule has 0 saturated carbocycles. The normalized spacial score (nSPS) is 12.1. The Hall–Kier alpha value is -2.29. The maximum absolute atomic E-state index is 6.08. The fraction of sp³-hybridized carbons (Fsp3) is 0.458. The van der Waals surface area contributed by atoms with Gasteiger partial charge in [0.15, 0.2) is 0 Å². The summed E-state index contributed by atoms with van der Waals surface area (Å²) < 4.78 is 8.46. The third-order valence-electron chi connectivity index (χ3n) is 4.90. The Labute approximate surface area is 163 Å². The standard InChI is InChI=1S/C24H32N2O/c1-18(2)19-12-6-9-15-22(19)27-17-11-10-16-26-21-14-8-7-13-20(21)25-23(26)24(3,4)5/h6-9,12-15,18H,10-11,16-17H2,1-5H3. The number of nitrogens with zero attached hydrogens (tertiary/aromatic N) is 2. The fourth-order valence-electron chi connectivity index (χ4n) is 3.52. The number of unbranched alkanes of at least 4 members (excludes halogenated alkanes) is 1. The predicted molar refractivity (Wildman–Crippen MR) is 114 cm³/mol. The van der Waals surface area contributed by atoms with Crippen molar-refractivity contribution >= 4 is 11.0 Å². The molecule has 144 valence electrons. The summed E-state index contributed by atoms with van der Waals surface area (Å²) in [6.45, 7) is 12.8. The second-order valence-electron chi connectivity index (χ2n) is 8.57. The van der Waals surface area contributed by atoms with Gasteiger partial charge < -0.3 is 9.30 Å². The smallest absolute Gasteiger partial charge is 0.122 e. The minimum absolute atomic E-state index is 0.0335. The Morgan fingerprint density at radius 2 is 1.67 bits per heavy atom. The van der Waals surface area contributed by atoms with Gasteiger partial charge >= 0.3 is 0 Å². The zero-order valence-corrected chi connectivity index (χ0v) is 17.3. The summed E-state index contributed by atoms with van der Waals surface area (Å²) in [6.07, 6.45) is 2.11. The van der Waals surface area contributed by atoms with Gasteiger partial charge in [-0.2, -0.15) is 0 Å². The number of imidazole rings is 1. The van der Waals surface area contributed by atoms with E-state index in [9.17, 15) is 0 Å². The van der Waals surface area contributed by atoms with Crippen LogP contribution in [0, 0.1) is 0 Å². The van der Waals surface area contributed by atoms with Crippen LogP contribution in [-0.4, -0.2) is 16.2 Å². The van der Waals surface area contributed by atoms with Gasteiger partial charge in [-0.15, -0.1) is 0 Å². The Balaban J connectivity index is 1.63. The number of para-hydroxylation sites is 3. The summed E-state index contributed by atoms with van der Waals surface area (Å²) >= 11 is 0. The molecule has 0 fully saturated rings. The molecule has 0 aliphatic rings. The highest BCUT2D eigenvalue weighted by Gasteiger charge is 2.22. The fourth-order valence-corrected chi connectivity index (χ4v) is 3.52. The molecular formula is C24H32N2O. The second-order valence-corrected chi connectivity index (χ2v) is 8.57.